The minimum Gasteiger partial charge on any atom is -0.267 e. The first-order chi connectivity index (χ1) is 7.31. The third-order valence-corrected chi connectivity index (χ3v) is 1.93. The maximum Gasteiger partial charge on any atom is 0.272 e. The van der Waals surface area contributed by atoms with Gasteiger partial charge in [0.15, 0.2) is 6.07 Å². The molecular weight excluding hydrogens is 190 g/mol. The Morgan fingerprint density at radius 3 is 3.07 bits per heavy atom. The molecule has 70 valence electrons. The van der Waals surface area contributed by atoms with Crippen molar-refractivity contribution in [2.24, 2.45) is 0 Å². The van der Waals surface area contributed by atoms with E-state index in [0.717, 1.165) is 0 Å². The molecule has 0 amide bonds. The molecular formula is C11H5N3O. The molecule has 0 aliphatic rings. The Morgan fingerprint density at radius 1 is 1.40 bits per heavy atom. The van der Waals surface area contributed by atoms with E-state index >= 15 is 0 Å². The van der Waals surface area contributed by atoms with Crippen molar-refractivity contribution in [1.29, 1.82) is 5.26 Å². The molecule has 1 aromatic carbocycles. The van der Waals surface area contributed by atoms with Crippen molar-refractivity contribution in [1.82, 2.24) is 10.2 Å². The molecule has 0 atom stereocenters. The maximum absolute atomic E-state index is 11.3. The molecule has 2 rings (SSSR count). The van der Waals surface area contributed by atoms with E-state index in [9.17, 15) is 4.79 Å². The Balaban J connectivity index is 2.68. The number of rotatable bonds is 0. The summed E-state index contributed by atoms with van der Waals surface area (Å²) in [5.74, 6) is 4.95. The summed E-state index contributed by atoms with van der Waals surface area (Å²) in [5.41, 5.74) is 0.462. The average molecular weight is 195 g/mol. The second-order valence-electron chi connectivity index (χ2n) is 2.86. The second-order valence-corrected chi connectivity index (χ2v) is 2.86. The fourth-order valence-corrected chi connectivity index (χ4v) is 1.27. The van der Waals surface area contributed by atoms with Gasteiger partial charge in [0.25, 0.3) is 5.56 Å². The SMILES string of the molecule is N#CC#Cc1ccc2c(=O)[nH]ncc2c1. The van der Waals surface area contributed by atoms with Crippen LogP contribution in [0.2, 0.25) is 0 Å². The minimum atomic E-state index is -0.229. The number of aromatic amines is 1. The lowest BCUT2D eigenvalue weighted by Gasteiger charge is -1.95. The summed E-state index contributed by atoms with van der Waals surface area (Å²) in [6.07, 6.45) is 1.55. The van der Waals surface area contributed by atoms with Gasteiger partial charge >= 0.3 is 0 Å². The summed E-state index contributed by atoms with van der Waals surface area (Å²) in [6.45, 7) is 0. The Hall–Kier alpha value is -2.59. The Labute approximate surface area is 85.2 Å². The number of nitriles is 1. The van der Waals surface area contributed by atoms with E-state index in [1.807, 2.05) is 0 Å². The molecule has 2 aromatic rings. The zero-order valence-corrected chi connectivity index (χ0v) is 7.61. The number of nitrogens with one attached hydrogen (secondary N) is 1. The molecule has 0 bridgehead atoms. The highest BCUT2D eigenvalue weighted by molar-refractivity contribution is 5.81. The van der Waals surface area contributed by atoms with E-state index in [1.54, 1.807) is 30.5 Å². The normalized spacial score (nSPS) is 9.00. The van der Waals surface area contributed by atoms with Crippen LogP contribution < -0.4 is 5.56 Å². The van der Waals surface area contributed by atoms with Crippen LogP contribution in [0, 0.1) is 23.2 Å². The summed E-state index contributed by atoms with van der Waals surface area (Å²) < 4.78 is 0. The van der Waals surface area contributed by atoms with Gasteiger partial charge in [-0.25, -0.2) is 5.10 Å². The van der Waals surface area contributed by atoms with Gasteiger partial charge in [-0.15, -0.1) is 0 Å². The van der Waals surface area contributed by atoms with Gasteiger partial charge in [0.2, 0.25) is 0 Å². The molecule has 0 saturated heterocycles. The zero-order valence-electron chi connectivity index (χ0n) is 7.61. The number of H-pyrrole nitrogens is 1. The zero-order chi connectivity index (χ0) is 10.7. The lowest BCUT2D eigenvalue weighted by molar-refractivity contribution is 1.01. The highest BCUT2D eigenvalue weighted by Crippen LogP contribution is 2.09. The van der Waals surface area contributed by atoms with Crippen LogP contribution in [0.4, 0.5) is 0 Å². The van der Waals surface area contributed by atoms with E-state index in [-0.39, 0.29) is 5.56 Å². The van der Waals surface area contributed by atoms with Gasteiger partial charge < -0.3 is 0 Å². The van der Waals surface area contributed by atoms with E-state index in [2.05, 4.69) is 22.0 Å². The number of hydrogen-bond acceptors (Lipinski definition) is 3. The molecule has 1 N–H and O–H groups in total. The Kier molecular flexibility index (Phi) is 2.19. The average Bonchev–Trinajstić information content (AvgIpc) is 2.26. The van der Waals surface area contributed by atoms with Crippen LogP contribution in [-0.4, -0.2) is 10.2 Å². The molecule has 1 heterocycles. The smallest absolute Gasteiger partial charge is 0.267 e. The molecule has 15 heavy (non-hydrogen) atoms. The number of fused-ring (bicyclic) bond motifs is 1. The van der Waals surface area contributed by atoms with Crippen LogP contribution in [0.3, 0.4) is 0 Å². The number of nitrogens with zero attached hydrogens (tertiary/aromatic N) is 2. The first kappa shape index (κ1) is 8.98. The fraction of sp³-hybridized carbons (Fsp3) is 0. The summed E-state index contributed by atoms with van der Waals surface area (Å²) >= 11 is 0. The van der Waals surface area contributed by atoms with Gasteiger partial charge in [-0.2, -0.15) is 10.4 Å². The van der Waals surface area contributed by atoms with Gasteiger partial charge in [-0.3, -0.25) is 4.79 Å². The Morgan fingerprint density at radius 2 is 2.27 bits per heavy atom. The van der Waals surface area contributed by atoms with Crippen molar-refractivity contribution >= 4 is 10.8 Å². The van der Waals surface area contributed by atoms with Gasteiger partial charge in [-0.05, 0) is 18.2 Å². The highest BCUT2D eigenvalue weighted by Gasteiger charge is 1.98. The van der Waals surface area contributed by atoms with Crippen LogP contribution in [0.25, 0.3) is 10.8 Å². The monoisotopic (exact) mass is 195 g/mol. The van der Waals surface area contributed by atoms with Crippen LogP contribution in [0.5, 0.6) is 0 Å². The first-order valence-electron chi connectivity index (χ1n) is 4.19. The van der Waals surface area contributed by atoms with Crippen LogP contribution in [0.1, 0.15) is 5.56 Å². The molecule has 0 spiro atoms. The van der Waals surface area contributed by atoms with Gasteiger partial charge in [0.1, 0.15) is 0 Å². The summed E-state index contributed by atoms with van der Waals surface area (Å²) in [4.78, 5) is 11.3. The van der Waals surface area contributed by atoms with Crippen molar-refractivity contribution in [3.05, 3.63) is 40.3 Å². The molecule has 0 aliphatic carbocycles. The second kappa shape index (κ2) is 3.65. The van der Waals surface area contributed by atoms with Crippen molar-refractivity contribution in [2.45, 2.75) is 0 Å². The van der Waals surface area contributed by atoms with Crippen molar-refractivity contribution in [3.63, 3.8) is 0 Å². The third kappa shape index (κ3) is 1.70. The quantitative estimate of drug-likeness (QED) is 0.632. The maximum atomic E-state index is 11.3. The van der Waals surface area contributed by atoms with E-state index < -0.39 is 0 Å². The number of aromatic nitrogens is 2. The Bertz CT molecular complexity index is 668. The van der Waals surface area contributed by atoms with E-state index in [0.29, 0.717) is 16.3 Å². The topological polar surface area (TPSA) is 69.5 Å². The third-order valence-electron chi connectivity index (χ3n) is 1.93. The van der Waals surface area contributed by atoms with Crippen molar-refractivity contribution in [3.8, 4) is 17.9 Å². The van der Waals surface area contributed by atoms with Crippen LogP contribution in [-0.2, 0) is 0 Å². The number of benzene rings is 1. The van der Waals surface area contributed by atoms with E-state index in [4.69, 9.17) is 5.26 Å². The largest absolute Gasteiger partial charge is 0.272 e. The van der Waals surface area contributed by atoms with Gasteiger partial charge in [0, 0.05) is 16.9 Å². The van der Waals surface area contributed by atoms with E-state index in [1.165, 1.54) is 0 Å². The predicted molar refractivity (Wildman–Crippen MR) is 54.9 cm³/mol. The number of hydrogen-bond donors (Lipinski definition) is 1. The first-order valence-corrected chi connectivity index (χ1v) is 4.19. The highest BCUT2D eigenvalue weighted by atomic mass is 16.1. The molecule has 4 heteroatoms. The summed E-state index contributed by atoms with van der Waals surface area (Å²) in [6, 6.07) is 6.82. The standard InChI is InChI=1S/C11H5N3O/c12-5-1-2-8-3-4-10-9(6-8)7-13-14-11(10)15/h3-4,6-7H,(H,14,15). The minimum absolute atomic E-state index is 0.229. The van der Waals surface area contributed by atoms with Crippen LogP contribution >= 0.6 is 0 Å². The molecule has 1 aromatic heterocycles. The molecule has 4 nitrogen and oxygen atoms in total. The van der Waals surface area contributed by atoms with Gasteiger partial charge in [-0.1, -0.05) is 5.92 Å². The predicted octanol–water partition coefficient (Wildman–Crippen LogP) is 0.798. The van der Waals surface area contributed by atoms with Crippen molar-refractivity contribution < 1.29 is 0 Å². The summed E-state index contributed by atoms with van der Waals surface area (Å²) in [5, 5.41) is 15.6. The summed E-state index contributed by atoms with van der Waals surface area (Å²) in [7, 11) is 0. The van der Waals surface area contributed by atoms with Crippen LogP contribution in [0.15, 0.2) is 29.2 Å². The lowest BCUT2D eigenvalue weighted by Crippen LogP contribution is -2.06. The molecule has 0 radical (unpaired) electrons. The molecule has 0 fully saturated rings. The molecule has 0 unspecified atom stereocenters. The molecule has 0 aliphatic heterocycles. The molecule has 0 saturated carbocycles. The fourth-order valence-electron chi connectivity index (χ4n) is 1.27. The van der Waals surface area contributed by atoms with Gasteiger partial charge in [0.05, 0.1) is 11.6 Å². The van der Waals surface area contributed by atoms with Crippen molar-refractivity contribution in [2.75, 3.05) is 0 Å². The lowest BCUT2D eigenvalue weighted by atomic mass is 10.1.